The van der Waals surface area contributed by atoms with E-state index in [1.54, 1.807) is 12.1 Å². The van der Waals surface area contributed by atoms with Gasteiger partial charge in [0.15, 0.2) is 6.29 Å². The van der Waals surface area contributed by atoms with Gasteiger partial charge in [-0.3, -0.25) is 0 Å². The highest BCUT2D eigenvalue weighted by Gasteiger charge is 2.22. The molecule has 16 heavy (non-hydrogen) atoms. The van der Waals surface area contributed by atoms with Crippen LogP contribution in [0, 0.1) is 17.1 Å². The molecule has 0 aliphatic carbocycles. The molecule has 0 radical (unpaired) electrons. The molecule has 84 valence electrons. The van der Waals surface area contributed by atoms with E-state index in [4.69, 9.17) is 14.7 Å². The standard InChI is InChI=1S/C12H12FNO2/c1-8-4-5-15-12(16-8)9-2-3-10(7-14)11(13)6-9/h2-3,6,8,12H,4-5H2,1H3. The lowest BCUT2D eigenvalue weighted by molar-refractivity contribution is -0.212. The summed E-state index contributed by atoms with van der Waals surface area (Å²) in [5, 5.41) is 8.61. The summed E-state index contributed by atoms with van der Waals surface area (Å²) in [5.41, 5.74) is 0.649. The van der Waals surface area contributed by atoms with Crippen molar-refractivity contribution < 1.29 is 13.9 Å². The zero-order valence-corrected chi connectivity index (χ0v) is 8.94. The Balaban J connectivity index is 2.21. The van der Waals surface area contributed by atoms with Crippen molar-refractivity contribution in [3.05, 3.63) is 35.1 Å². The Labute approximate surface area is 93.4 Å². The zero-order chi connectivity index (χ0) is 11.5. The molecule has 0 spiro atoms. The summed E-state index contributed by atoms with van der Waals surface area (Å²) in [4.78, 5) is 0. The first kappa shape index (κ1) is 11.1. The molecule has 1 fully saturated rings. The Morgan fingerprint density at radius 3 is 2.94 bits per heavy atom. The van der Waals surface area contributed by atoms with Crippen LogP contribution < -0.4 is 0 Å². The van der Waals surface area contributed by atoms with E-state index in [0.29, 0.717) is 12.2 Å². The number of benzene rings is 1. The van der Waals surface area contributed by atoms with Crippen molar-refractivity contribution in [1.29, 1.82) is 5.26 Å². The van der Waals surface area contributed by atoms with Crippen molar-refractivity contribution in [1.82, 2.24) is 0 Å². The smallest absolute Gasteiger partial charge is 0.184 e. The normalized spacial score (nSPS) is 25.1. The SMILES string of the molecule is CC1CCOC(c2ccc(C#N)c(F)c2)O1. The average molecular weight is 221 g/mol. The van der Waals surface area contributed by atoms with E-state index in [1.165, 1.54) is 12.1 Å². The summed E-state index contributed by atoms with van der Waals surface area (Å²) in [6, 6.07) is 6.17. The van der Waals surface area contributed by atoms with E-state index in [0.717, 1.165) is 6.42 Å². The first-order chi connectivity index (χ1) is 7.70. The van der Waals surface area contributed by atoms with Crippen molar-refractivity contribution in [2.24, 2.45) is 0 Å². The highest BCUT2D eigenvalue weighted by Crippen LogP contribution is 2.27. The zero-order valence-electron chi connectivity index (χ0n) is 8.94. The van der Waals surface area contributed by atoms with Crippen LogP contribution >= 0.6 is 0 Å². The molecule has 0 amide bonds. The van der Waals surface area contributed by atoms with E-state index in [2.05, 4.69) is 0 Å². The van der Waals surface area contributed by atoms with E-state index in [-0.39, 0.29) is 11.7 Å². The molecule has 1 aliphatic heterocycles. The summed E-state index contributed by atoms with van der Waals surface area (Å²) >= 11 is 0. The maximum Gasteiger partial charge on any atom is 0.184 e. The maximum absolute atomic E-state index is 13.4. The van der Waals surface area contributed by atoms with Crippen molar-refractivity contribution >= 4 is 0 Å². The van der Waals surface area contributed by atoms with Crippen LogP contribution in [0.5, 0.6) is 0 Å². The minimum atomic E-state index is -0.537. The van der Waals surface area contributed by atoms with Gasteiger partial charge < -0.3 is 9.47 Å². The van der Waals surface area contributed by atoms with Crippen LogP contribution in [-0.2, 0) is 9.47 Å². The lowest BCUT2D eigenvalue weighted by Gasteiger charge is -2.28. The van der Waals surface area contributed by atoms with Gasteiger partial charge in [0, 0.05) is 5.56 Å². The summed E-state index contributed by atoms with van der Waals surface area (Å²) in [6.07, 6.45) is 0.429. The third-order valence-electron chi connectivity index (χ3n) is 2.54. The van der Waals surface area contributed by atoms with Crippen LogP contribution in [0.3, 0.4) is 0 Å². The molecule has 2 rings (SSSR count). The lowest BCUT2D eigenvalue weighted by Crippen LogP contribution is -2.24. The third kappa shape index (κ3) is 2.21. The summed E-state index contributed by atoms with van der Waals surface area (Å²) < 4.78 is 24.3. The molecule has 0 N–H and O–H groups in total. The Bertz CT molecular complexity index is 428. The Kier molecular flexibility index (Phi) is 3.18. The molecule has 1 aromatic rings. The minimum Gasteiger partial charge on any atom is -0.348 e. The van der Waals surface area contributed by atoms with E-state index < -0.39 is 12.1 Å². The Morgan fingerprint density at radius 1 is 1.50 bits per heavy atom. The fraction of sp³-hybridized carbons (Fsp3) is 0.417. The topological polar surface area (TPSA) is 42.2 Å². The highest BCUT2D eigenvalue weighted by atomic mass is 19.1. The van der Waals surface area contributed by atoms with Gasteiger partial charge in [-0.05, 0) is 25.5 Å². The number of rotatable bonds is 1. The largest absolute Gasteiger partial charge is 0.348 e. The molecule has 2 unspecified atom stereocenters. The average Bonchev–Trinajstić information content (AvgIpc) is 2.29. The number of hydrogen-bond donors (Lipinski definition) is 0. The van der Waals surface area contributed by atoms with Gasteiger partial charge in [-0.2, -0.15) is 5.26 Å². The second-order valence-corrected chi connectivity index (χ2v) is 3.79. The van der Waals surface area contributed by atoms with Crippen molar-refractivity contribution in [2.75, 3.05) is 6.61 Å². The van der Waals surface area contributed by atoms with Crippen molar-refractivity contribution in [2.45, 2.75) is 25.7 Å². The third-order valence-corrected chi connectivity index (χ3v) is 2.54. The quantitative estimate of drug-likeness (QED) is 0.731. The van der Waals surface area contributed by atoms with E-state index in [9.17, 15) is 4.39 Å². The Hall–Kier alpha value is -1.44. The monoisotopic (exact) mass is 221 g/mol. The van der Waals surface area contributed by atoms with Crippen LogP contribution in [0.1, 0.15) is 30.8 Å². The van der Waals surface area contributed by atoms with E-state index in [1.807, 2.05) is 6.92 Å². The van der Waals surface area contributed by atoms with Crippen LogP contribution in [0.15, 0.2) is 18.2 Å². The molecule has 4 heteroatoms. The summed E-state index contributed by atoms with van der Waals surface area (Å²) in [6.45, 7) is 2.56. The molecule has 1 saturated heterocycles. The molecular weight excluding hydrogens is 209 g/mol. The van der Waals surface area contributed by atoms with Crippen LogP contribution in [0.2, 0.25) is 0 Å². The number of nitriles is 1. The van der Waals surface area contributed by atoms with Crippen molar-refractivity contribution in [3.8, 4) is 6.07 Å². The number of halogens is 1. The maximum atomic E-state index is 13.4. The molecule has 1 heterocycles. The lowest BCUT2D eigenvalue weighted by atomic mass is 10.1. The van der Waals surface area contributed by atoms with Crippen LogP contribution in [0.25, 0.3) is 0 Å². The fourth-order valence-corrected chi connectivity index (χ4v) is 1.60. The summed E-state index contributed by atoms with van der Waals surface area (Å²) in [5.74, 6) is -0.537. The number of hydrogen-bond acceptors (Lipinski definition) is 3. The van der Waals surface area contributed by atoms with Crippen LogP contribution in [0.4, 0.5) is 4.39 Å². The molecule has 3 nitrogen and oxygen atoms in total. The predicted molar refractivity (Wildman–Crippen MR) is 55.0 cm³/mol. The van der Waals surface area contributed by atoms with Crippen molar-refractivity contribution in [3.63, 3.8) is 0 Å². The van der Waals surface area contributed by atoms with E-state index >= 15 is 0 Å². The molecule has 2 atom stereocenters. The van der Waals surface area contributed by atoms with Gasteiger partial charge in [0.25, 0.3) is 0 Å². The molecule has 0 aromatic heterocycles. The second kappa shape index (κ2) is 4.60. The first-order valence-electron chi connectivity index (χ1n) is 5.17. The van der Waals surface area contributed by atoms with Gasteiger partial charge in [-0.15, -0.1) is 0 Å². The van der Waals surface area contributed by atoms with Gasteiger partial charge in [0.05, 0.1) is 18.3 Å². The first-order valence-corrected chi connectivity index (χ1v) is 5.17. The predicted octanol–water partition coefficient (Wildman–Crippen LogP) is 2.52. The second-order valence-electron chi connectivity index (χ2n) is 3.79. The highest BCUT2D eigenvalue weighted by molar-refractivity contribution is 5.33. The fourth-order valence-electron chi connectivity index (χ4n) is 1.60. The van der Waals surface area contributed by atoms with Gasteiger partial charge in [-0.1, -0.05) is 6.07 Å². The number of nitrogens with zero attached hydrogens (tertiary/aromatic N) is 1. The van der Waals surface area contributed by atoms with Gasteiger partial charge in [-0.25, -0.2) is 4.39 Å². The molecule has 0 saturated carbocycles. The number of ether oxygens (including phenoxy) is 2. The Morgan fingerprint density at radius 2 is 2.31 bits per heavy atom. The van der Waals surface area contributed by atoms with Gasteiger partial charge >= 0.3 is 0 Å². The molecule has 1 aromatic carbocycles. The van der Waals surface area contributed by atoms with Gasteiger partial charge in [0.2, 0.25) is 0 Å². The molecule has 1 aliphatic rings. The summed E-state index contributed by atoms with van der Waals surface area (Å²) in [7, 11) is 0. The molecular formula is C12H12FNO2. The molecule has 0 bridgehead atoms. The van der Waals surface area contributed by atoms with Gasteiger partial charge in [0.1, 0.15) is 11.9 Å². The van der Waals surface area contributed by atoms with Crippen LogP contribution in [-0.4, -0.2) is 12.7 Å². The minimum absolute atomic E-state index is 0.0348.